The van der Waals surface area contributed by atoms with Crippen molar-refractivity contribution < 1.29 is 51.7 Å². The molecule has 3 aliphatic rings. The van der Waals surface area contributed by atoms with E-state index in [1.54, 1.807) is 7.11 Å². The lowest BCUT2D eigenvalue weighted by molar-refractivity contribution is -0.192. The Kier molecular flexibility index (Phi) is 8.52. The van der Waals surface area contributed by atoms with Crippen LogP contribution in [0.3, 0.4) is 0 Å². The third-order valence-corrected chi connectivity index (χ3v) is 9.06. The van der Waals surface area contributed by atoms with Gasteiger partial charge in [-0.1, -0.05) is 6.07 Å². The van der Waals surface area contributed by atoms with Gasteiger partial charge in [-0.25, -0.2) is 4.79 Å². The minimum absolute atomic E-state index is 0.00198. The summed E-state index contributed by atoms with van der Waals surface area (Å²) in [4.78, 5) is 64.7. The van der Waals surface area contributed by atoms with Crippen LogP contribution < -0.4 is 4.74 Å². The molecule has 0 saturated carbocycles. The summed E-state index contributed by atoms with van der Waals surface area (Å²) in [6, 6.07) is 7.13. The number of ether oxygens (including phenoxy) is 2. The predicted octanol–water partition coefficient (Wildman–Crippen LogP) is 3.94. The summed E-state index contributed by atoms with van der Waals surface area (Å²) >= 11 is 1.46. The zero-order valence-electron chi connectivity index (χ0n) is 23.2. The van der Waals surface area contributed by atoms with E-state index in [0.717, 1.165) is 28.8 Å². The van der Waals surface area contributed by atoms with Crippen molar-refractivity contribution in [3.8, 4) is 16.2 Å². The van der Waals surface area contributed by atoms with Gasteiger partial charge in [0.2, 0.25) is 11.8 Å². The molecule has 1 N–H and O–H groups in total. The van der Waals surface area contributed by atoms with Crippen LogP contribution in [0.15, 0.2) is 29.6 Å². The van der Waals surface area contributed by atoms with Gasteiger partial charge in [0.05, 0.1) is 26.1 Å². The fraction of sp³-hybridized carbons (Fsp3) is 0.464. The molecule has 1 aromatic heterocycles. The van der Waals surface area contributed by atoms with E-state index in [2.05, 4.69) is 0 Å². The minimum atomic E-state index is -5.08. The Bertz CT molecular complexity index is 1440. The largest absolute Gasteiger partial charge is 0.496 e. The molecule has 3 saturated heterocycles. The lowest BCUT2D eigenvalue weighted by Crippen LogP contribution is -2.59. The number of imide groups is 1. The summed E-state index contributed by atoms with van der Waals surface area (Å²) in [6.07, 6.45) is -2.96. The Hall–Kier alpha value is -3.78. The van der Waals surface area contributed by atoms with Crippen molar-refractivity contribution in [2.24, 2.45) is 11.8 Å². The molecule has 3 fully saturated rings. The maximum Gasteiger partial charge on any atom is 0.490 e. The zero-order valence-corrected chi connectivity index (χ0v) is 24.0. The maximum absolute atomic E-state index is 13.4. The number of halogens is 3. The van der Waals surface area contributed by atoms with E-state index in [-0.39, 0.29) is 17.6 Å². The number of Topliss-reactive ketones (excluding diaryl/α,β-unsaturated/α-hetero) is 1. The van der Waals surface area contributed by atoms with Gasteiger partial charge in [-0.05, 0) is 56.5 Å². The predicted molar refractivity (Wildman–Crippen MR) is 143 cm³/mol. The number of carbonyl (C=O) groups excluding carboxylic acids is 4. The molecule has 5 rings (SSSR count). The SMILES string of the molecule is COC(=O)[C@@]12CCCCN1C(c1ccc(-c3cc(C(C)=O)cs3)c(OC)c1)C1C(=O)N(C)C(=O)C12.O=C(O)C(F)(F)F. The van der Waals surface area contributed by atoms with Gasteiger partial charge in [0.25, 0.3) is 0 Å². The average Bonchev–Trinajstić information content (AvgIpc) is 3.62. The van der Waals surface area contributed by atoms with Gasteiger partial charge in [0, 0.05) is 34.5 Å². The Labute approximate surface area is 243 Å². The van der Waals surface area contributed by atoms with Crippen LogP contribution in [0.2, 0.25) is 0 Å². The number of hydrogen-bond donors (Lipinski definition) is 1. The standard InChI is InChI=1S/C26H28N2O6S.C2HF3O2/c1-14(29)16-12-19(35-13-16)17-8-7-15(11-18(17)33-3)22-20-21(24(31)27(2)23(20)30)26(25(32)34-4)9-5-6-10-28(22)26;3-2(4,5)1(6)7/h7-8,11-13,20-22H,5-6,9-10H2,1-4H3;(H,6,7)/t20?,21?,22?,26-;/m0./s1. The second-order valence-corrected chi connectivity index (χ2v) is 11.2. The molecule has 0 bridgehead atoms. The number of esters is 1. The van der Waals surface area contributed by atoms with Crippen LogP contribution in [0.4, 0.5) is 13.2 Å². The second-order valence-electron chi connectivity index (χ2n) is 10.3. The molecule has 1 aromatic carbocycles. The lowest BCUT2D eigenvalue weighted by Gasteiger charge is -2.44. The van der Waals surface area contributed by atoms with Gasteiger partial charge in [-0.2, -0.15) is 13.2 Å². The Balaban J connectivity index is 0.000000517. The molecule has 2 amide bonds. The normalized spacial score (nSPS) is 25.3. The van der Waals surface area contributed by atoms with Crippen molar-refractivity contribution in [2.75, 3.05) is 27.8 Å². The van der Waals surface area contributed by atoms with Gasteiger partial charge < -0.3 is 14.6 Å². The van der Waals surface area contributed by atoms with Crippen LogP contribution in [0, 0.1) is 11.8 Å². The fourth-order valence-electron chi connectivity index (χ4n) is 6.26. The second kappa shape index (κ2) is 11.5. The fourth-order valence-corrected chi connectivity index (χ4v) is 7.24. The number of alkyl halides is 3. The molecule has 3 unspecified atom stereocenters. The molecular weight excluding hydrogens is 581 g/mol. The first kappa shape index (κ1) is 31.2. The van der Waals surface area contributed by atoms with Crippen molar-refractivity contribution in [1.29, 1.82) is 0 Å². The van der Waals surface area contributed by atoms with E-state index in [9.17, 15) is 32.3 Å². The van der Waals surface area contributed by atoms with E-state index in [0.29, 0.717) is 24.3 Å². The number of amides is 2. The van der Waals surface area contributed by atoms with Crippen molar-refractivity contribution in [3.05, 3.63) is 40.8 Å². The minimum Gasteiger partial charge on any atom is -0.496 e. The van der Waals surface area contributed by atoms with Crippen molar-refractivity contribution in [3.63, 3.8) is 0 Å². The molecule has 4 atom stereocenters. The van der Waals surface area contributed by atoms with Crippen LogP contribution in [0.25, 0.3) is 10.4 Å². The highest BCUT2D eigenvalue weighted by atomic mass is 32.1. The molecule has 0 aliphatic carbocycles. The molecule has 10 nitrogen and oxygen atoms in total. The maximum atomic E-state index is 13.4. The smallest absolute Gasteiger partial charge is 0.490 e. The Morgan fingerprint density at radius 1 is 1.10 bits per heavy atom. The summed E-state index contributed by atoms with van der Waals surface area (Å²) in [5, 5.41) is 8.95. The number of nitrogens with zero attached hydrogens (tertiary/aromatic N) is 2. The number of rotatable bonds is 5. The van der Waals surface area contributed by atoms with Crippen LogP contribution >= 0.6 is 11.3 Å². The highest BCUT2D eigenvalue weighted by molar-refractivity contribution is 7.13. The van der Waals surface area contributed by atoms with E-state index < -0.39 is 41.5 Å². The van der Waals surface area contributed by atoms with Crippen LogP contribution in [-0.4, -0.2) is 84.0 Å². The highest BCUT2D eigenvalue weighted by Crippen LogP contribution is 2.58. The van der Waals surface area contributed by atoms with Gasteiger partial charge in [-0.15, -0.1) is 11.3 Å². The number of methoxy groups -OCH3 is 2. The van der Waals surface area contributed by atoms with E-state index in [4.69, 9.17) is 19.4 Å². The van der Waals surface area contributed by atoms with E-state index in [1.807, 2.05) is 34.5 Å². The number of hydrogen-bond acceptors (Lipinski definition) is 9. The first-order valence-corrected chi connectivity index (χ1v) is 13.8. The van der Waals surface area contributed by atoms with E-state index >= 15 is 0 Å². The summed E-state index contributed by atoms with van der Waals surface area (Å²) in [5.74, 6) is -4.65. The summed E-state index contributed by atoms with van der Waals surface area (Å²) in [6.45, 7) is 2.12. The lowest BCUT2D eigenvalue weighted by atomic mass is 9.75. The molecule has 0 spiro atoms. The summed E-state index contributed by atoms with van der Waals surface area (Å²) in [5.41, 5.74) is 1.14. The number of piperidine rings is 1. The number of aliphatic carboxylic acids is 1. The van der Waals surface area contributed by atoms with Gasteiger partial charge >= 0.3 is 18.1 Å². The molecule has 2 aromatic rings. The average molecular weight is 611 g/mol. The van der Waals surface area contributed by atoms with Crippen LogP contribution in [0.5, 0.6) is 5.75 Å². The number of thiophene rings is 1. The number of benzene rings is 1. The zero-order chi connectivity index (χ0) is 31.1. The van der Waals surface area contributed by atoms with Crippen molar-refractivity contribution in [2.45, 2.75) is 43.9 Å². The molecule has 226 valence electrons. The number of carboxylic acid groups (broad SMARTS) is 1. The van der Waals surface area contributed by atoms with Gasteiger partial charge in [0.1, 0.15) is 11.3 Å². The third-order valence-electron chi connectivity index (χ3n) is 8.10. The van der Waals surface area contributed by atoms with E-state index in [1.165, 1.54) is 37.3 Å². The number of carboxylic acids is 1. The first-order chi connectivity index (χ1) is 19.7. The van der Waals surface area contributed by atoms with Crippen molar-refractivity contribution >= 4 is 40.9 Å². The summed E-state index contributed by atoms with van der Waals surface area (Å²) in [7, 11) is 4.41. The quantitative estimate of drug-likeness (QED) is 0.304. The first-order valence-electron chi connectivity index (χ1n) is 12.9. The number of likely N-dealkylation sites (tertiary alicyclic amines) is 1. The number of carbonyl (C=O) groups is 5. The molecule has 0 radical (unpaired) electrons. The number of ketones is 1. The highest BCUT2D eigenvalue weighted by Gasteiger charge is 2.72. The molecule has 4 heterocycles. The van der Waals surface area contributed by atoms with Crippen LogP contribution in [-0.2, 0) is 23.9 Å². The number of fused-ring (bicyclic) bond motifs is 3. The third kappa shape index (κ3) is 5.06. The molecular formula is C28H29F3N2O8S. The molecule has 3 aliphatic heterocycles. The molecule has 42 heavy (non-hydrogen) atoms. The van der Waals surface area contributed by atoms with Crippen LogP contribution in [0.1, 0.15) is 48.1 Å². The Morgan fingerprint density at radius 3 is 2.31 bits per heavy atom. The monoisotopic (exact) mass is 610 g/mol. The van der Waals surface area contributed by atoms with Crippen molar-refractivity contribution in [1.82, 2.24) is 9.80 Å². The molecule has 14 heteroatoms. The topological polar surface area (TPSA) is 131 Å². The summed E-state index contributed by atoms with van der Waals surface area (Å²) < 4.78 is 42.7. The van der Waals surface area contributed by atoms with Gasteiger partial charge in [-0.3, -0.25) is 29.0 Å². The van der Waals surface area contributed by atoms with Gasteiger partial charge in [0.15, 0.2) is 5.78 Å². The Morgan fingerprint density at radius 2 is 1.76 bits per heavy atom.